The molecule has 0 aromatic carbocycles. The molecular formula is C13H18N4OS. The zero-order valence-electron chi connectivity index (χ0n) is 11.1. The number of carbonyl (C=O) groups excluding carboxylic acids is 1. The van der Waals surface area contributed by atoms with Crippen molar-refractivity contribution in [3.63, 3.8) is 0 Å². The molecule has 6 heteroatoms. The number of nitrogens with two attached hydrogens (primary N) is 1. The second kappa shape index (κ2) is 5.52. The molecular weight excluding hydrogens is 260 g/mol. The van der Waals surface area contributed by atoms with Crippen LogP contribution in [0.3, 0.4) is 0 Å². The van der Waals surface area contributed by atoms with Gasteiger partial charge in [0.2, 0.25) is 5.91 Å². The molecule has 1 aliphatic heterocycles. The monoisotopic (exact) mass is 278 g/mol. The maximum atomic E-state index is 11.9. The third-order valence-corrected chi connectivity index (χ3v) is 3.47. The number of anilines is 1. The Bertz CT molecular complexity index is 517. The van der Waals surface area contributed by atoms with Gasteiger partial charge in [-0.2, -0.15) is 0 Å². The summed E-state index contributed by atoms with van der Waals surface area (Å²) in [5.74, 6) is 0.818. The summed E-state index contributed by atoms with van der Waals surface area (Å²) in [5, 5.41) is 2.88. The minimum absolute atomic E-state index is 0.0499. The van der Waals surface area contributed by atoms with Crippen LogP contribution in [0.15, 0.2) is 12.1 Å². The first-order valence-corrected chi connectivity index (χ1v) is 6.76. The SMILES string of the molecule is CCC1C(=O)NCCN1c1cc(C(N)=S)cc(C)n1. The first-order valence-electron chi connectivity index (χ1n) is 6.35. The van der Waals surface area contributed by atoms with E-state index in [9.17, 15) is 4.79 Å². The molecule has 1 aromatic rings. The molecule has 1 fully saturated rings. The highest BCUT2D eigenvalue weighted by Crippen LogP contribution is 2.20. The van der Waals surface area contributed by atoms with Crippen molar-refractivity contribution in [1.29, 1.82) is 0 Å². The predicted molar refractivity (Wildman–Crippen MR) is 79.3 cm³/mol. The van der Waals surface area contributed by atoms with Gasteiger partial charge < -0.3 is 16.0 Å². The van der Waals surface area contributed by atoms with Gasteiger partial charge in [-0.3, -0.25) is 4.79 Å². The normalized spacial score (nSPS) is 19.2. The molecule has 1 atom stereocenters. The molecule has 2 rings (SSSR count). The van der Waals surface area contributed by atoms with E-state index in [1.807, 2.05) is 30.9 Å². The summed E-state index contributed by atoms with van der Waals surface area (Å²) >= 11 is 5.02. The largest absolute Gasteiger partial charge is 0.389 e. The van der Waals surface area contributed by atoms with Gasteiger partial charge in [0.1, 0.15) is 16.8 Å². The number of rotatable bonds is 3. The van der Waals surface area contributed by atoms with E-state index in [0.717, 1.165) is 30.0 Å². The third kappa shape index (κ3) is 2.84. The van der Waals surface area contributed by atoms with Crippen LogP contribution in [0.4, 0.5) is 5.82 Å². The van der Waals surface area contributed by atoms with E-state index in [2.05, 4.69) is 10.3 Å². The van der Waals surface area contributed by atoms with E-state index >= 15 is 0 Å². The van der Waals surface area contributed by atoms with Crippen LogP contribution < -0.4 is 16.0 Å². The molecule has 0 radical (unpaired) electrons. The average molecular weight is 278 g/mol. The van der Waals surface area contributed by atoms with Crippen molar-refractivity contribution in [3.05, 3.63) is 23.4 Å². The van der Waals surface area contributed by atoms with E-state index in [-0.39, 0.29) is 11.9 Å². The number of pyridine rings is 1. The van der Waals surface area contributed by atoms with Gasteiger partial charge >= 0.3 is 0 Å². The number of aryl methyl sites for hydroxylation is 1. The molecule has 102 valence electrons. The fourth-order valence-electron chi connectivity index (χ4n) is 2.34. The Labute approximate surface area is 118 Å². The Hall–Kier alpha value is -1.69. The summed E-state index contributed by atoms with van der Waals surface area (Å²) in [5.41, 5.74) is 7.32. The lowest BCUT2D eigenvalue weighted by Crippen LogP contribution is -2.55. The van der Waals surface area contributed by atoms with Gasteiger partial charge in [-0.25, -0.2) is 4.98 Å². The van der Waals surface area contributed by atoms with E-state index in [0.29, 0.717) is 11.5 Å². The van der Waals surface area contributed by atoms with Crippen LogP contribution in [0.5, 0.6) is 0 Å². The Balaban J connectivity index is 2.39. The van der Waals surface area contributed by atoms with Crippen LogP contribution in [0.2, 0.25) is 0 Å². The lowest BCUT2D eigenvalue weighted by Gasteiger charge is -2.35. The van der Waals surface area contributed by atoms with Gasteiger partial charge in [0, 0.05) is 24.3 Å². The summed E-state index contributed by atoms with van der Waals surface area (Å²) in [6.07, 6.45) is 0.740. The maximum Gasteiger partial charge on any atom is 0.242 e. The van der Waals surface area contributed by atoms with Gasteiger partial charge in [0.25, 0.3) is 0 Å². The lowest BCUT2D eigenvalue weighted by atomic mass is 10.1. The Morgan fingerprint density at radius 3 is 3.00 bits per heavy atom. The van der Waals surface area contributed by atoms with Gasteiger partial charge in [-0.15, -0.1) is 0 Å². The smallest absolute Gasteiger partial charge is 0.242 e. The number of amides is 1. The number of piperazine rings is 1. The second-order valence-corrected chi connectivity index (χ2v) is 5.07. The number of nitrogens with one attached hydrogen (secondary N) is 1. The van der Waals surface area contributed by atoms with Gasteiger partial charge in [-0.05, 0) is 25.5 Å². The Morgan fingerprint density at radius 1 is 1.63 bits per heavy atom. The number of nitrogens with zero attached hydrogens (tertiary/aromatic N) is 2. The summed E-state index contributed by atoms with van der Waals surface area (Å²) in [6, 6.07) is 3.54. The van der Waals surface area contributed by atoms with Crippen LogP contribution in [-0.2, 0) is 4.79 Å². The first kappa shape index (κ1) is 13.7. The molecule has 1 unspecified atom stereocenters. The standard InChI is InChI=1S/C13H18N4OS/c1-3-10-13(18)15-4-5-17(10)11-7-9(12(14)19)6-8(2)16-11/h6-7,10H,3-5H2,1-2H3,(H2,14,19)(H,15,18). The van der Waals surface area contributed by atoms with E-state index < -0.39 is 0 Å². The lowest BCUT2D eigenvalue weighted by molar-refractivity contribution is -0.123. The number of thiocarbonyl (C=S) groups is 1. The van der Waals surface area contributed by atoms with Gasteiger partial charge in [-0.1, -0.05) is 19.1 Å². The Morgan fingerprint density at radius 2 is 2.37 bits per heavy atom. The molecule has 0 saturated carbocycles. The van der Waals surface area contributed by atoms with Crippen molar-refractivity contribution in [2.75, 3.05) is 18.0 Å². The van der Waals surface area contributed by atoms with Crippen LogP contribution in [0, 0.1) is 6.92 Å². The highest BCUT2D eigenvalue weighted by Gasteiger charge is 2.29. The molecule has 1 aliphatic rings. The fraction of sp³-hybridized carbons (Fsp3) is 0.462. The minimum Gasteiger partial charge on any atom is -0.389 e. The molecule has 0 aliphatic carbocycles. The number of carbonyl (C=O) groups is 1. The van der Waals surface area contributed by atoms with Crippen LogP contribution in [0.1, 0.15) is 24.6 Å². The molecule has 3 N–H and O–H groups in total. The van der Waals surface area contributed by atoms with Crippen LogP contribution in [0.25, 0.3) is 0 Å². The van der Waals surface area contributed by atoms with Crippen molar-refractivity contribution in [1.82, 2.24) is 10.3 Å². The fourth-order valence-corrected chi connectivity index (χ4v) is 2.45. The highest BCUT2D eigenvalue weighted by molar-refractivity contribution is 7.80. The van der Waals surface area contributed by atoms with Crippen molar-refractivity contribution in [2.24, 2.45) is 5.73 Å². The molecule has 1 saturated heterocycles. The minimum atomic E-state index is -0.178. The number of hydrogen-bond donors (Lipinski definition) is 2. The van der Waals surface area contributed by atoms with E-state index in [1.54, 1.807) is 0 Å². The van der Waals surface area contributed by atoms with Crippen LogP contribution in [-0.4, -0.2) is 35.0 Å². The average Bonchev–Trinajstić information content (AvgIpc) is 2.37. The maximum absolute atomic E-state index is 11.9. The molecule has 0 bridgehead atoms. The second-order valence-electron chi connectivity index (χ2n) is 4.63. The molecule has 5 nitrogen and oxygen atoms in total. The van der Waals surface area contributed by atoms with Crippen molar-refractivity contribution < 1.29 is 4.79 Å². The molecule has 2 heterocycles. The zero-order valence-corrected chi connectivity index (χ0v) is 12.0. The summed E-state index contributed by atoms with van der Waals surface area (Å²) in [7, 11) is 0. The molecule has 1 aromatic heterocycles. The number of aromatic nitrogens is 1. The van der Waals surface area contributed by atoms with Crippen LogP contribution >= 0.6 is 12.2 Å². The predicted octanol–water partition coefficient (Wildman–Crippen LogP) is 0.739. The number of hydrogen-bond acceptors (Lipinski definition) is 4. The first-order chi connectivity index (χ1) is 9.02. The third-order valence-electron chi connectivity index (χ3n) is 3.24. The topological polar surface area (TPSA) is 71.2 Å². The zero-order chi connectivity index (χ0) is 14.0. The van der Waals surface area contributed by atoms with Crippen molar-refractivity contribution in [3.8, 4) is 0 Å². The molecule has 1 amide bonds. The highest BCUT2D eigenvalue weighted by atomic mass is 32.1. The van der Waals surface area contributed by atoms with Crippen molar-refractivity contribution >= 4 is 28.9 Å². The molecule has 0 spiro atoms. The van der Waals surface area contributed by atoms with Gasteiger partial charge in [0.15, 0.2) is 0 Å². The quantitative estimate of drug-likeness (QED) is 0.798. The summed E-state index contributed by atoms with van der Waals surface area (Å²) in [4.78, 5) is 18.8. The summed E-state index contributed by atoms with van der Waals surface area (Å²) < 4.78 is 0. The Kier molecular flexibility index (Phi) is 3.99. The van der Waals surface area contributed by atoms with Gasteiger partial charge in [0.05, 0.1) is 0 Å². The van der Waals surface area contributed by atoms with E-state index in [4.69, 9.17) is 18.0 Å². The molecule has 19 heavy (non-hydrogen) atoms. The van der Waals surface area contributed by atoms with Crippen molar-refractivity contribution in [2.45, 2.75) is 26.3 Å². The van der Waals surface area contributed by atoms with E-state index in [1.165, 1.54) is 0 Å². The summed E-state index contributed by atoms with van der Waals surface area (Å²) in [6.45, 7) is 5.27.